The van der Waals surface area contributed by atoms with Crippen LogP contribution >= 0.6 is 11.3 Å². The van der Waals surface area contributed by atoms with E-state index >= 15 is 35.1 Å². The number of thiazole rings is 1. The van der Waals surface area contributed by atoms with Gasteiger partial charge in [0.2, 0.25) is 6.86 Å². The zero-order valence-corrected chi connectivity index (χ0v) is 30.0. The summed E-state index contributed by atoms with van der Waals surface area (Å²) in [5.74, 6) is -72.0. The fourth-order valence-corrected chi connectivity index (χ4v) is 7.11. The van der Waals surface area contributed by atoms with Gasteiger partial charge >= 0.3 is 11.0 Å². The number of hydrogen-bond donors (Lipinski definition) is 0. The minimum absolute atomic E-state index is 0.395. The van der Waals surface area contributed by atoms with Crippen molar-refractivity contribution in [2.24, 2.45) is 0 Å². The molecule has 0 fully saturated rings. The molecule has 0 aliphatic rings. The number of alkyl halides is 1. The molecule has 0 saturated carbocycles. The summed E-state index contributed by atoms with van der Waals surface area (Å²) in [5, 5.41) is 2.17. The van der Waals surface area contributed by atoms with Crippen LogP contribution in [0.15, 0.2) is 41.9 Å². The molecule has 0 amide bonds. The average Bonchev–Trinajstić information content (AvgIpc) is 3.72. The Kier molecular flexibility index (Phi) is 13.3. The lowest BCUT2D eigenvalue weighted by Crippen LogP contribution is -2.81. The molecule has 0 atom stereocenters. The van der Waals surface area contributed by atoms with Crippen molar-refractivity contribution in [3.05, 3.63) is 169 Å². The van der Waals surface area contributed by atoms with Crippen LogP contribution in [0.25, 0.3) is 0 Å². The van der Waals surface area contributed by atoms with Gasteiger partial charge in [-0.25, -0.2) is 97.0 Å². The first-order chi connectivity index (χ1) is 29.0. The van der Waals surface area contributed by atoms with Gasteiger partial charge in [0.05, 0.1) is 5.38 Å². The number of carbonyl (C=O) groups excluding carboxylic acids is 1. The molecular formula is C36H11BF21NO2S. The molecule has 0 bridgehead atoms. The van der Waals surface area contributed by atoms with E-state index < -0.39 is 157 Å². The molecule has 62 heavy (non-hydrogen) atoms. The van der Waals surface area contributed by atoms with E-state index in [4.69, 9.17) is 0 Å². The van der Waals surface area contributed by atoms with E-state index in [-0.39, 0.29) is 0 Å². The van der Waals surface area contributed by atoms with Crippen LogP contribution < -0.4 is 26.4 Å². The van der Waals surface area contributed by atoms with E-state index in [0.717, 1.165) is 5.56 Å². The zero-order valence-electron chi connectivity index (χ0n) is 29.1. The van der Waals surface area contributed by atoms with Crippen molar-refractivity contribution in [2.75, 3.05) is 6.86 Å². The Morgan fingerprint density at radius 2 is 0.726 bits per heavy atom. The van der Waals surface area contributed by atoms with Gasteiger partial charge < -0.3 is 4.74 Å². The lowest BCUT2D eigenvalue weighted by molar-refractivity contribution is -0.685. The standard InChI is InChI=1S/C24BF20.C12H11FNO2S/c26-5-1(6(27)14(35)21(42)13(5)34)25(2-7(28)15(36)22(43)16(37)8(2)29,3-9(30)17(38)23(44)18(39)10(3)31)4-11(32)19(40)24(45)20(41)12(4)33;13-9-16-12(15)11-14(6-7-17-11)8-10-4-2-1-3-5-10/h;1-7H,8-9H2/q-1;+1. The van der Waals surface area contributed by atoms with Crippen LogP contribution in [0.1, 0.15) is 15.4 Å². The van der Waals surface area contributed by atoms with E-state index in [1.807, 2.05) is 30.3 Å². The van der Waals surface area contributed by atoms with Crippen LogP contribution in [-0.2, 0) is 11.3 Å². The highest BCUT2D eigenvalue weighted by molar-refractivity contribution is 7.20. The smallest absolute Gasteiger partial charge is 0.417 e. The van der Waals surface area contributed by atoms with Crippen LogP contribution in [0.2, 0.25) is 0 Å². The number of rotatable bonds is 8. The number of benzene rings is 5. The lowest BCUT2D eigenvalue weighted by atomic mass is 9.12. The second kappa shape index (κ2) is 17.6. The molecule has 0 spiro atoms. The third-order valence-corrected chi connectivity index (χ3v) is 9.83. The molecule has 6 aromatic rings. The minimum atomic E-state index is -7.22. The molecule has 26 heteroatoms. The number of hydrogen-bond acceptors (Lipinski definition) is 3. The van der Waals surface area contributed by atoms with Crippen molar-refractivity contribution in [1.29, 1.82) is 0 Å². The van der Waals surface area contributed by atoms with Crippen LogP contribution in [0.3, 0.4) is 0 Å². The quantitative estimate of drug-likeness (QED) is 0.0387. The fraction of sp³-hybridized carbons (Fsp3) is 0.0556. The Hall–Kier alpha value is -6.21. The van der Waals surface area contributed by atoms with Crippen molar-refractivity contribution in [2.45, 2.75) is 6.54 Å². The van der Waals surface area contributed by atoms with Gasteiger partial charge in [-0.15, -0.1) is 21.9 Å². The largest absolute Gasteiger partial charge is 0.425 e. The Morgan fingerprint density at radius 3 is 1.00 bits per heavy atom. The fourth-order valence-electron chi connectivity index (χ4n) is 6.36. The molecule has 0 N–H and O–H groups in total. The first-order valence-electron chi connectivity index (χ1n) is 16.0. The van der Waals surface area contributed by atoms with Crippen molar-refractivity contribution in [3.8, 4) is 0 Å². The van der Waals surface area contributed by atoms with Gasteiger partial charge in [0.15, 0.2) is 82.5 Å². The van der Waals surface area contributed by atoms with Gasteiger partial charge in [0, 0.05) is 5.56 Å². The van der Waals surface area contributed by atoms with E-state index in [1.165, 1.54) is 11.3 Å². The SMILES string of the molecule is Fc1c(F)c(F)c([B-](c2c(F)c(F)c(F)c(F)c2F)(c2c(F)c(F)c(F)c(F)c2F)c2c(F)c(F)c(F)c(F)c2F)c(F)c1F.O=C(OCF)c1scc[n+]1Cc1ccccc1. The Labute approximate surface area is 333 Å². The summed E-state index contributed by atoms with van der Waals surface area (Å²) in [6, 6.07) is 9.73. The third-order valence-electron chi connectivity index (χ3n) is 8.94. The van der Waals surface area contributed by atoms with Crippen LogP contribution in [0.4, 0.5) is 92.2 Å². The van der Waals surface area contributed by atoms with Crippen molar-refractivity contribution in [1.82, 2.24) is 0 Å². The summed E-state index contributed by atoms with van der Waals surface area (Å²) in [5.41, 5.74) is -13.3. The summed E-state index contributed by atoms with van der Waals surface area (Å²) < 4.78 is 312. The highest BCUT2D eigenvalue weighted by Gasteiger charge is 2.52. The number of esters is 1. The van der Waals surface area contributed by atoms with Gasteiger partial charge in [0.25, 0.3) is 0 Å². The molecule has 0 aliphatic heterocycles. The maximum Gasteiger partial charge on any atom is 0.417 e. The Bertz CT molecular complexity index is 2390. The summed E-state index contributed by atoms with van der Waals surface area (Å²) >= 11 is 1.24. The number of nitrogens with zero attached hydrogens (tertiary/aromatic N) is 1. The van der Waals surface area contributed by atoms with Gasteiger partial charge in [-0.05, 0) is 0 Å². The van der Waals surface area contributed by atoms with Gasteiger partial charge in [0.1, 0.15) is 52.7 Å². The number of aromatic nitrogens is 1. The molecule has 1 heterocycles. The Morgan fingerprint density at radius 1 is 0.452 bits per heavy atom. The molecule has 1 aromatic heterocycles. The maximum absolute atomic E-state index is 15.4. The summed E-state index contributed by atoms with van der Waals surface area (Å²) in [6.45, 7) is -0.525. The third kappa shape index (κ3) is 7.35. The van der Waals surface area contributed by atoms with Crippen molar-refractivity contribution < 1.29 is 106 Å². The van der Waals surface area contributed by atoms with E-state index in [1.54, 1.807) is 16.1 Å². The summed E-state index contributed by atoms with van der Waals surface area (Å²) in [4.78, 5) is 11.4. The topological polar surface area (TPSA) is 30.2 Å². The van der Waals surface area contributed by atoms with E-state index in [2.05, 4.69) is 4.74 Å². The monoisotopic (exact) mass is 931 g/mol. The van der Waals surface area contributed by atoms with Gasteiger partial charge in [-0.2, -0.15) is 4.57 Å². The molecule has 6 rings (SSSR count). The molecule has 0 saturated heterocycles. The molecule has 5 aromatic carbocycles. The highest BCUT2D eigenvalue weighted by atomic mass is 32.1. The normalized spacial score (nSPS) is 11.5. The number of carbonyl (C=O) groups is 1. The molecule has 0 unspecified atom stereocenters. The number of ether oxygens (including phenoxy) is 1. The average molecular weight is 931 g/mol. The van der Waals surface area contributed by atoms with Crippen LogP contribution in [-0.4, -0.2) is 19.0 Å². The lowest BCUT2D eigenvalue weighted by Gasteiger charge is -2.44. The second-order valence-corrected chi connectivity index (χ2v) is 13.1. The maximum atomic E-state index is 15.4. The van der Waals surface area contributed by atoms with E-state index in [9.17, 15) is 61.9 Å². The minimum Gasteiger partial charge on any atom is -0.425 e. The predicted octanol–water partition coefficient (Wildman–Crippen LogP) is 8.01. The van der Waals surface area contributed by atoms with Crippen LogP contribution in [0, 0.1) is 116 Å². The highest BCUT2D eigenvalue weighted by Crippen LogP contribution is 2.30. The van der Waals surface area contributed by atoms with Crippen molar-refractivity contribution >= 4 is 45.3 Å². The molecule has 0 radical (unpaired) electrons. The zero-order chi connectivity index (χ0) is 46.4. The molecule has 328 valence electrons. The predicted molar refractivity (Wildman–Crippen MR) is 171 cm³/mol. The second-order valence-electron chi connectivity index (χ2n) is 12.2. The summed E-state index contributed by atoms with van der Waals surface area (Å²) in [6.07, 6.45) is -5.43. The molecular weight excluding hydrogens is 920 g/mol. The molecule has 3 nitrogen and oxygen atoms in total. The first-order valence-corrected chi connectivity index (χ1v) is 16.9. The Balaban J connectivity index is 0.000000355. The summed E-state index contributed by atoms with van der Waals surface area (Å²) in [7, 11) is 0. The van der Waals surface area contributed by atoms with Crippen molar-refractivity contribution in [3.63, 3.8) is 0 Å². The molecule has 0 aliphatic carbocycles. The van der Waals surface area contributed by atoms with E-state index in [0.29, 0.717) is 11.6 Å². The van der Waals surface area contributed by atoms with Gasteiger partial charge in [-0.1, -0.05) is 41.7 Å². The first kappa shape index (κ1) is 46.9. The van der Waals surface area contributed by atoms with Crippen LogP contribution in [0.5, 0.6) is 0 Å². The van der Waals surface area contributed by atoms with Gasteiger partial charge in [-0.3, -0.25) is 0 Å². The number of halogens is 21.